The van der Waals surface area contributed by atoms with Gasteiger partial charge in [-0.1, -0.05) is 30.0 Å². The van der Waals surface area contributed by atoms with Crippen LogP contribution in [0.25, 0.3) is 6.08 Å². The highest BCUT2D eigenvalue weighted by atomic mass is 127. The van der Waals surface area contributed by atoms with Crippen LogP contribution in [0.2, 0.25) is 0 Å². The number of rotatable bonds is 4. The number of nitrogens with zero attached hydrogens (tertiary/aromatic N) is 1. The van der Waals surface area contributed by atoms with Crippen molar-refractivity contribution in [3.8, 4) is 5.75 Å². The molecule has 140 valence electrons. The zero-order chi connectivity index (χ0) is 19.7. The summed E-state index contributed by atoms with van der Waals surface area (Å²) in [4.78, 5) is 15.3. The average Bonchev–Trinajstić information content (AvgIpc) is 2.87. The van der Waals surface area contributed by atoms with Gasteiger partial charge in [0.2, 0.25) is 0 Å². The largest absolute Gasteiger partial charge is 0.492 e. The number of thioether (sulfide) groups is 1. The van der Waals surface area contributed by atoms with Crippen LogP contribution in [0.3, 0.4) is 0 Å². The van der Waals surface area contributed by atoms with E-state index in [9.17, 15) is 4.79 Å². The van der Waals surface area contributed by atoms with Crippen molar-refractivity contribution in [1.82, 2.24) is 0 Å². The Hall–Kier alpha value is -0.650. The van der Waals surface area contributed by atoms with Crippen molar-refractivity contribution in [3.63, 3.8) is 0 Å². The van der Waals surface area contributed by atoms with E-state index in [1.54, 1.807) is 4.90 Å². The Balaban J connectivity index is 2.01. The van der Waals surface area contributed by atoms with Crippen LogP contribution >= 0.6 is 69.2 Å². The zero-order valence-corrected chi connectivity index (χ0v) is 21.0. The molecular formula is C20H17I2NO2S2. The van der Waals surface area contributed by atoms with Gasteiger partial charge in [-0.2, -0.15) is 0 Å². The Labute approximate surface area is 196 Å². The summed E-state index contributed by atoms with van der Waals surface area (Å²) < 4.78 is 8.48. The second-order valence-corrected chi connectivity index (χ2v) is 10.1. The molecule has 0 spiro atoms. The van der Waals surface area contributed by atoms with Crippen LogP contribution < -0.4 is 9.64 Å². The first-order valence-electron chi connectivity index (χ1n) is 8.29. The van der Waals surface area contributed by atoms with Crippen LogP contribution in [0.4, 0.5) is 5.69 Å². The number of hydrogen-bond acceptors (Lipinski definition) is 4. The lowest BCUT2D eigenvalue weighted by atomic mass is 10.1. The van der Waals surface area contributed by atoms with E-state index in [0.29, 0.717) is 15.8 Å². The summed E-state index contributed by atoms with van der Waals surface area (Å²) in [6.45, 7) is 6.61. The SMILES string of the molecule is CCOc1c(I)cc(I)cc1/C=C1/SC(=S)N(c2ccc(C)c(C)c2)C1=O. The molecule has 2 aromatic carbocycles. The van der Waals surface area contributed by atoms with Crippen molar-refractivity contribution in [2.24, 2.45) is 0 Å². The number of amides is 1. The number of thiocarbonyl (C=S) groups is 1. The van der Waals surface area contributed by atoms with Gasteiger partial charge in [0.1, 0.15) is 5.75 Å². The van der Waals surface area contributed by atoms with E-state index in [-0.39, 0.29) is 5.91 Å². The molecule has 1 aliphatic heterocycles. The van der Waals surface area contributed by atoms with Gasteiger partial charge in [-0.05, 0) is 107 Å². The molecule has 0 atom stereocenters. The van der Waals surface area contributed by atoms with Crippen LogP contribution in [0.1, 0.15) is 23.6 Å². The molecule has 1 aliphatic rings. The average molecular weight is 621 g/mol. The van der Waals surface area contributed by atoms with Crippen LogP contribution in [-0.4, -0.2) is 16.8 Å². The Morgan fingerprint density at radius 2 is 1.93 bits per heavy atom. The number of halogens is 2. The van der Waals surface area contributed by atoms with Crippen LogP contribution in [0, 0.1) is 21.0 Å². The zero-order valence-electron chi connectivity index (χ0n) is 15.0. The molecule has 0 unspecified atom stereocenters. The van der Waals surface area contributed by atoms with Gasteiger partial charge in [-0.3, -0.25) is 9.69 Å². The maximum Gasteiger partial charge on any atom is 0.270 e. The van der Waals surface area contributed by atoms with Gasteiger partial charge in [-0.15, -0.1) is 0 Å². The maximum atomic E-state index is 13.1. The minimum Gasteiger partial charge on any atom is -0.492 e. The smallest absolute Gasteiger partial charge is 0.270 e. The molecule has 1 saturated heterocycles. The number of benzene rings is 2. The molecular weight excluding hydrogens is 604 g/mol. The van der Waals surface area contributed by atoms with Crippen molar-refractivity contribution in [3.05, 3.63) is 59.1 Å². The molecule has 1 heterocycles. The molecule has 0 aromatic heterocycles. The van der Waals surface area contributed by atoms with Crippen molar-refractivity contribution in [1.29, 1.82) is 0 Å². The summed E-state index contributed by atoms with van der Waals surface area (Å²) in [5, 5.41) is 0. The molecule has 3 rings (SSSR count). The van der Waals surface area contributed by atoms with Gasteiger partial charge < -0.3 is 4.74 Å². The number of hydrogen-bond donors (Lipinski definition) is 0. The lowest BCUT2D eigenvalue weighted by Crippen LogP contribution is -2.27. The monoisotopic (exact) mass is 621 g/mol. The highest BCUT2D eigenvalue weighted by molar-refractivity contribution is 14.1. The number of carbonyl (C=O) groups is 1. The normalized spacial score (nSPS) is 15.7. The predicted octanol–water partition coefficient (Wildman–Crippen LogP) is 6.32. The molecule has 3 nitrogen and oxygen atoms in total. The molecule has 0 radical (unpaired) electrons. The van der Waals surface area contributed by atoms with Crippen molar-refractivity contribution >= 4 is 91.2 Å². The Morgan fingerprint density at radius 1 is 1.19 bits per heavy atom. The first-order chi connectivity index (χ1) is 12.8. The van der Waals surface area contributed by atoms with Gasteiger partial charge >= 0.3 is 0 Å². The van der Waals surface area contributed by atoms with E-state index in [1.165, 1.54) is 17.3 Å². The van der Waals surface area contributed by atoms with Crippen LogP contribution in [-0.2, 0) is 4.79 Å². The number of aryl methyl sites for hydroxylation is 2. The quantitative estimate of drug-likeness (QED) is 0.227. The standard InChI is InChI=1S/C20H17I2NO2S2/c1-4-25-18-13(8-14(21)10-16(18)22)9-17-19(24)23(20(26)27-17)15-6-5-11(2)12(3)7-15/h5-10H,4H2,1-3H3/b17-9+. The van der Waals surface area contributed by atoms with E-state index < -0.39 is 0 Å². The summed E-state index contributed by atoms with van der Waals surface area (Å²) in [6, 6.07) is 10.0. The van der Waals surface area contributed by atoms with E-state index >= 15 is 0 Å². The highest BCUT2D eigenvalue weighted by Crippen LogP contribution is 2.38. The highest BCUT2D eigenvalue weighted by Gasteiger charge is 2.33. The third-order valence-corrected chi connectivity index (χ3v) is 6.88. The first-order valence-corrected chi connectivity index (χ1v) is 11.7. The Morgan fingerprint density at radius 3 is 2.59 bits per heavy atom. The van der Waals surface area contributed by atoms with E-state index in [4.69, 9.17) is 17.0 Å². The molecule has 0 saturated carbocycles. The third-order valence-electron chi connectivity index (χ3n) is 4.15. The lowest BCUT2D eigenvalue weighted by molar-refractivity contribution is -0.113. The van der Waals surface area contributed by atoms with Crippen LogP contribution in [0.15, 0.2) is 35.2 Å². The molecule has 2 aromatic rings. The molecule has 7 heteroatoms. The van der Waals surface area contributed by atoms with Gasteiger partial charge in [0, 0.05) is 9.13 Å². The van der Waals surface area contributed by atoms with Gasteiger partial charge in [0.25, 0.3) is 5.91 Å². The molecule has 1 fully saturated rings. The minimum absolute atomic E-state index is 0.0930. The fourth-order valence-electron chi connectivity index (χ4n) is 2.68. The van der Waals surface area contributed by atoms with Crippen molar-refractivity contribution < 1.29 is 9.53 Å². The number of anilines is 1. The molecule has 1 amide bonds. The molecule has 0 aliphatic carbocycles. The number of carbonyl (C=O) groups excluding carboxylic acids is 1. The lowest BCUT2D eigenvalue weighted by Gasteiger charge is -2.16. The summed E-state index contributed by atoms with van der Waals surface area (Å²) in [5.74, 6) is 0.708. The second kappa shape index (κ2) is 8.79. The minimum atomic E-state index is -0.0930. The van der Waals surface area contributed by atoms with Gasteiger partial charge in [-0.25, -0.2) is 0 Å². The van der Waals surface area contributed by atoms with Crippen molar-refractivity contribution in [2.75, 3.05) is 11.5 Å². The van der Waals surface area contributed by atoms with E-state index in [1.807, 2.05) is 44.2 Å². The molecule has 27 heavy (non-hydrogen) atoms. The predicted molar refractivity (Wildman–Crippen MR) is 135 cm³/mol. The fraction of sp³-hybridized carbons (Fsp3) is 0.200. The summed E-state index contributed by atoms with van der Waals surface area (Å²) in [6.07, 6.45) is 1.88. The van der Waals surface area contributed by atoms with Gasteiger partial charge in [0.15, 0.2) is 4.32 Å². The maximum absolute atomic E-state index is 13.1. The summed E-state index contributed by atoms with van der Waals surface area (Å²) in [7, 11) is 0. The van der Waals surface area contributed by atoms with Gasteiger partial charge in [0.05, 0.1) is 20.8 Å². The third kappa shape index (κ3) is 4.51. The summed E-state index contributed by atoms with van der Waals surface area (Å²) >= 11 is 11.4. The number of ether oxygens (including phenoxy) is 1. The Bertz CT molecular complexity index is 973. The molecule has 0 N–H and O–H groups in total. The Kier molecular flexibility index (Phi) is 6.86. The fourth-order valence-corrected chi connectivity index (χ4v) is 6.02. The summed E-state index contributed by atoms with van der Waals surface area (Å²) in [5.41, 5.74) is 4.03. The van der Waals surface area contributed by atoms with Crippen LogP contribution in [0.5, 0.6) is 5.75 Å². The van der Waals surface area contributed by atoms with Crippen molar-refractivity contribution in [2.45, 2.75) is 20.8 Å². The first kappa shape index (κ1) is 21.1. The van der Waals surface area contributed by atoms with E-state index in [2.05, 4.69) is 58.2 Å². The molecule has 0 bridgehead atoms. The van der Waals surface area contributed by atoms with E-state index in [0.717, 1.165) is 29.7 Å². The topological polar surface area (TPSA) is 29.5 Å². The second-order valence-electron chi connectivity index (χ2n) is 6.02.